The van der Waals surface area contributed by atoms with Crippen molar-refractivity contribution in [1.29, 1.82) is 0 Å². The Morgan fingerprint density at radius 3 is 2.69 bits per heavy atom. The van der Waals surface area contributed by atoms with Gasteiger partial charge in [0.1, 0.15) is 0 Å². The summed E-state index contributed by atoms with van der Waals surface area (Å²) in [7, 11) is 0. The zero-order chi connectivity index (χ0) is 18.6. The smallest absolute Gasteiger partial charge is 0.269 e. The number of rotatable bonds is 9. The molecule has 0 aromatic heterocycles. The second kappa shape index (κ2) is 11.2. The predicted octanol–water partition coefficient (Wildman–Crippen LogP) is 1.54. The minimum atomic E-state index is -0.403. The maximum absolute atomic E-state index is 10.7. The van der Waals surface area contributed by atoms with E-state index in [9.17, 15) is 10.1 Å². The zero-order valence-electron chi connectivity index (χ0n) is 15.0. The molecule has 142 valence electrons. The summed E-state index contributed by atoms with van der Waals surface area (Å²) in [6, 6.07) is 6.45. The Morgan fingerprint density at radius 1 is 1.31 bits per heavy atom. The molecule has 1 aromatic rings. The molecule has 0 unspecified atom stereocenters. The number of nitrogens with one attached hydrogen (secondary N) is 2. The van der Waals surface area contributed by atoms with Crippen LogP contribution < -0.4 is 10.6 Å². The Kier molecular flexibility index (Phi) is 8.57. The summed E-state index contributed by atoms with van der Waals surface area (Å²) in [5.74, 6) is 0.713. The van der Waals surface area contributed by atoms with Crippen LogP contribution in [-0.2, 0) is 11.3 Å². The second-order valence-corrected chi connectivity index (χ2v) is 5.99. The highest BCUT2D eigenvalue weighted by atomic mass is 16.6. The van der Waals surface area contributed by atoms with Crippen LogP contribution in [0.15, 0.2) is 41.9 Å². The minimum Gasteiger partial charge on any atom is -0.379 e. The number of morpholine rings is 1. The molecule has 1 aliphatic heterocycles. The number of benzene rings is 1. The van der Waals surface area contributed by atoms with Crippen molar-refractivity contribution in [2.24, 2.45) is 4.99 Å². The number of hydrogen-bond donors (Lipinski definition) is 2. The molecule has 0 aliphatic carbocycles. The molecular formula is C18H27N5O3. The van der Waals surface area contributed by atoms with Gasteiger partial charge in [0.15, 0.2) is 5.96 Å². The van der Waals surface area contributed by atoms with Crippen LogP contribution in [0, 0.1) is 10.1 Å². The predicted molar refractivity (Wildman–Crippen MR) is 102 cm³/mol. The Bertz CT molecular complexity index is 597. The molecule has 1 fully saturated rings. The van der Waals surface area contributed by atoms with Gasteiger partial charge in [-0.05, 0) is 18.5 Å². The molecule has 1 saturated heterocycles. The number of nitro benzene ring substituents is 1. The van der Waals surface area contributed by atoms with Crippen LogP contribution in [0.1, 0.15) is 12.0 Å². The molecule has 0 bridgehead atoms. The number of ether oxygens (including phenoxy) is 1. The van der Waals surface area contributed by atoms with E-state index in [0.29, 0.717) is 19.0 Å². The van der Waals surface area contributed by atoms with Gasteiger partial charge in [0.2, 0.25) is 0 Å². The first-order valence-electron chi connectivity index (χ1n) is 8.85. The first kappa shape index (κ1) is 19.9. The lowest BCUT2D eigenvalue weighted by Gasteiger charge is -2.26. The third-order valence-electron chi connectivity index (χ3n) is 4.03. The molecule has 1 aliphatic rings. The summed E-state index contributed by atoms with van der Waals surface area (Å²) in [6.07, 6.45) is 2.79. The molecule has 8 nitrogen and oxygen atoms in total. The Morgan fingerprint density at radius 2 is 2.04 bits per heavy atom. The van der Waals surface area contributed by atoms with Gasteiger partial charge in [0.05, 0.1) is 24.7 Å². The van der Waals surface area contributed by atoms with Crippen molar-refractivity contribution in [3.63, 3.8) is 0 Å². The van der Waals surface area contributed by atoms with Crippen molar-refractivity contribution in [1.82, 2.24) is 15.5 Å². The summed E-state index contributed by atoms with van der Waals surface area (Å²) in [6.45, 7) is 10.3. The van der Waals surface area contributed by atoms with Crippen LogP contribution in [0.5, 0.6) is 0 Å². The van der Waals surface area contributed by atoms with Crippen LogP contribution in [-0.4, -0.2) is 61.7 Å². The minimum absolute atomic E-state index is 0.0870. The topological polar surface area (TPSA) is 92.0 Å². The average molecular weight is 361 g/mol. The molecule has 0 spiro atoms. The van der Waals surface area contributed by atoms with Crippen molar-refractivity contribution in [2.75, 3.05) is 45.9 Å². The van der Waals surface area contributed by atoms with Gasteiger partial charge in [0.25, 0.3) is 5.69 Å². The third-order valence-corrected chi connectivity index (χ3v) is 4.03. The average Bonchev–Trinajstić information content (AvgIpc) is 2.67. The van der Waals surface area contributed by atoms with E-state index in [0.717, 1.165) is 51.4 Å². The van der Waals surface area contributed by atoms with Gasteiger partial charge in [-0.3, -0.25) is 15.0 Å². The monoisotopic (exact) mass is 361 g/mol. The van der Waals surface area contributed by atoms with Crippen molar-refractivity contribution < 1.29 is 9.66 Å². The lowest BCUT2D eigenvalue weighted by molar-refractivity contribution is -0.384. The van der Waals surface area contributed by atoms with Crippen LogP contribution in [0.3, 0.4) is 0 Å². The van der Waals surface area contributed by atoms with Gasteiger partial charge in [0, 0.05) is 38.3 Å². The number of nitro groups is 1. The van der Waals surface area contributed by atoms with E-state index in [1.807, 2.05) is 0 Å². The second-order valence-electron chi connectivity index (χ2n) is 5.99. The summed E-state index contributed by atoms with van der Waals surface area (Å²) < 4.78 is 5.35. The SMILES string of the molecule is C=CCNC(=NCc1ccc([N+](=O)[O-])cc1)NCCCN1CCOCC1. The Hall–Kier alpha value is -2.45. The van der Waals surface area contributed by atoms with E-state index in [-0.39, 0.29) is 5.69 Å². The molecule has 1 heterocycles. The molecular weight excluding hydrogens is 334 g/mol. The molecule has 1 aromatic carbocycles. The van der Waals surface area contributed by atoms with Crippen molar-refractivity contribution in [2.45, 2.75) is 13.0 Å². The van der Waals surface area contributed by atoms with Gasteiger partial charge >= 0.3 is 0 Å². The van der Waals surface area contributed by atoms with Crippen LogP contribution in [0.4, 0.5) is 5.69 Å². The first-order chi connectivity index (χ1) is 12.7. The molecule has 2 rings (SSSR count). The molecule has 26 heavy (non-hydrogen) atoms. The molecule has 0 amide bonds. The van der Waals surface area contributed by atoms with Crippen molar-refractivity contribution >= 4 is 11.6 Å². The molecule has 2 N–H and O–H groups in total. The van der Waals surface area contributed by atoms with Crippen molar-refractivity contribution in [3.8, 4) is 0 Å². The highest BCUT2D eigenvalue weighted by Crippen LogP contribution is 2.12. The first-order valence-corrected chi connectivity index (χ1v) is 8.85. The number of aliphatic imine (C=N–C) groups is 1. The standard InChI is InChI=1S/C18H27N5O3/c1-2-8-19-18(20-9-3-10-22-11-13-26-14-12-22)21-15-16-4-6-17(7-5-16)23(24)25/h2,4-7H,1,3,8-15H2,(H2,19,20,21). The van der Waals surface area contributed by atoms with Gasteiger partial charge in [-0.2, -0.15) is 0 Å². The van der Waals surface area contributed by atoms with Crippen LogP contribution >= 0.6 is 0 Å². The van der Waals surface area contributed by atoms with E-state index in [4.69, 9.17) is 4.74 Å². The fourth-order valence-electron chi connectivity index (χ4n) is 2.57. The quantitative estimate of drug-likeness (QED) is 0.173. The molecule has 0 radical (unpaired) electrons. The Balaban J connectivity index is 1.79. The lowest BCUT2D eigenvalue weighted by Crippen LogP contribution is -2.40. The zero-order valence-corrected chi connectivity index (χ0v) is 15.0. The van der Waals surface area contributed by atoms with E-state index in [1.54, 1.807) is 18.2 Å². The number of nitrogens with zero attached hydrogens (tertiary/aromatic N) is 3. The number of non-ortho nitro benzene ring substituents is 1. The van der Waals surface area contributed by atoms with E-state index in [2.05, 4.69) is 27.1 Å². The number of guanidine groups is 1. The fraction of sp³-hybridized carbons (Fsp3) is 0.500. The maximum atomic E-state index is 10.7. The highest BCUT2D eigenvalue weighted by molar-refractivity contribution is 5.79. The van der Waals surface area contributed by atoms with Crippen LogP contribution in [0.25, 0.3) is 0 Å². The van der Waals surface area contributed by atoms with Gasteiger partial charge in [-0.1, -0.05) is 18.2 Å². The fourth-order valence-corrected chi connectivity index (χ4v) is 2.57. The third kappa shape index (κ3) is 7.20. The van der Waals surface area contributed by atoms with Crippen molar-refractivity contribution in [3.05, 3.63) is 52.6 Å². The maximum Gasteiger partial charge on any atom is 0.269 e. The van der Waals surface area contributed by atoms with Gasteiger partial charge in [-0.25, -0.2) is 4.99 Å². The van der Waals surface area contributed by atoms with Gasteiger partial charge in [-0.15, -0.1) is 6.58 Å². The summed E-state index contributed by atoms with van der Waals surface area (Å²) in [4.78, 5) is 17.2. The van der Waals surface area contributed by atoms with E-state index < -0.39 is 4.92 Å². The summed E-state index contributed by atoms with van der Waals surface area (Å²) in [5, 5.41) is 17.2. The van der Waals surface area contributed by atoms with Crippen LogP contribution in [0.2, 0.25) is 0 Å². The lowest BCUT2D eigenvalue weighted by atomic mass is 10.2. The van der Waals surface area contributed by atoms with E-state index >= 15 is 0 Å². The summed E-state index contributed by atoms with van der Waals surface area (Å²) in [5.41, 5.74) is 1.01. The Labute approximate surface area is 154 Å². The normalized spacial score (nSPS) is 15.5. The molecule has 0 saturated carbocycles. The van der Waals surface area contributed by atoms with Gasteiger partial charge < -0.3 is 15.4 Å². The summed E-state index contributed by atoms with van der Waals surface area (Å²) >= 11 is 0. The molecule has 8 heteroatoms. The van der Waals surface area contributed by atoms with E-state index in [1.165, 1.54) is 12.1 Å². The largest absolute Gasteiger partial charge is 0.379 e. The molecule has 0 atom stereocenters. The number of hydrogen-bond acceptors (Lipinski definition) is 5. The highest BCUT2D eigenvalue weighted by Gasteiger charge is 2.09.